The minimum Gasteiger partial charge on any atom is -0.497 e. The van der Waals surface area contributed by atoms with Crippen LogP contribution in [0.2, 0.25) is 5.15 Å². The number of benzene rings is 2. The van der Waals surface area contributed by atoms with Gasteiger partial charge in [-0.2, -0.15) is 5.10 Å². The molecule has 2 aromatic carbocycles. The van der Waals surface area contributed by atoms with Crippen molar-refractivity contribution in [2.24, 2.45) is 5.10 Å². The normalized spacial score (nSPS) is 10.7. The molecule has 7 heteroatoms. The summed E-state index contributed by atoms with van der Waals surface area (Å²) >= 11 is 6.10. The number of anilines is 1. The molecule has 0 unspecified atom stereocenters. The van der Waals surface area contributed by atoms with Crippen LogP contribution in [0.15, 0.2) is 59.7 Å². The van der Waals surface area contributed by atoms with E-state index in [2.05, 4.69) is 20.5 Å². The molecule has 0 spiro atoms. The number of methoxy groups -OCH3 is 2. The summed E-state index contributed by atoms with van der Waals surface area (Å²) in [5, 5.41) is 4.54. The van der Waals surface area contributed by atoms with Crippen LogP contribution >= 0.6 is 11.6 Å². The Morgan fingerprint density at radius 2 is 1.81 bits per heavy atom. The van der Waals surface area contributed by atoms with Gasteiger partial charge in [-0.25, -0.2) is 9.97 Å². The van der Waals surface area contributed by atoms with Gasteiger partial charge in [-0.1, -0.05) is 41.9 Å². The minimum atomic E-state index is 0.332. The molecule has 0 aliphatic heterocycles. The zero-order valence-electron chi connectivity index (χ0n) is 14.3. The van der Waals surface area contributed by atoms with Crippen LogP contribution in [-0.2, 0) is 0 Å². The van der Waals surface area contributed by atoms with Gasteiger partial charge in [-0.15, -0.1) is 0 Å². The van der Waals surface area contributed by atoms with E-state index in [0.29, 0.717) is 28.3 Å². The lowest BCUT2D eigenvalue weighted by Crippen LogP contribution is -1.98. The van der Waals surface area contributed by atoms with E-state index in [4.69, 9.17) is 21.1 Å². The molecule has 0 aliphatic rings. The molecule has 0 amide bonds. The Bertz CT molecular complexity index is 917. The van der Waals surface area contributed by atoms with Gasteiger partial charge in [0.15, 0.2) is 11.6 Å². The van der Waals surface area contributed by atoms with Crippen molar-refractivity contribution < 1.29 is 9.47 Å². The van der Waals surface area contributed by atoms with Crippen molar-refractivity contribution in [2.45, 2.75) is 0 Å². The number of aromatic nitrogens is 2. The third kappa shape index (κ3) is 4.29. The summed E-state index contributed by atoms with van der Waals surface area (Å²) in [6, 6.07) is 16.7. The van der Waals surface area contributed by atoms with E-state index in [9.17, 15) is 0 Å². The van der Waals surface area contributed by atoms with Crippen LogP contribution in [0.25, 0.3) is 11.4 Å². The van der Waals surface area contributed by atoms with E-state index in [1.807, 2.05) is 42.5 Å². The highest BCUT2D eigenvalue weighted by atomic mass is 35.5. The Kier molecular flexibility index (Phi) is 5.66. The second kappa shape index (κ2) is 8.31. The first-order chi connectivity index (χ1) is 12.7. The lowest BCUT2D eigenvalue weighted by atomic mass is 10.2. The average molecular weight is 369 g/mol. The maximum Gasteiger partial charge on any atom is 0.163 e. The molecule has 6 nitrogen and oxygen atoms in total. The number of halogens is 1. The van der Waals surface area contributed by atoms with Crippen molar-refractivity contribution >= 4 is 23.6 Å². The van der Waals surface area contributed by atoms with Crippen molar-refractivity contribution in [1.29, 1.82) is 0 Å². The van der Waals surface area contributed by atoms with Gasteiger partial charge in [-0.3, -0.25) is 5.43 Å². The van der Waals surface area contributed by atoms with Crippen LogP contribution in [0, 0.1) is 0 Å². The fraction of sp³-hybridized carbons (Fsp3) is 0.105. The summed E-state index contributed by atoms with van der Waals surface area (Å²) in [4.78, 5) is 8.68. The van der Waals surface area contributed by atoms with Crippen molar-refractivity contribution in [2.75, 3.05) is 19.6 Å². The third-order valence-electron chi connectivity index (χ3n) is 3.55. The third-order valence-corrected chi connectivity index (χ3v) is 3.74. The molecule has 0 saturated carbocycles. The molecule has 0 saturated heterocycles. The van der Waals surface area contributed by atoms with Gasteiger partial charge >= 0.3 is 0 Å². The molecule has 1 N–H and O–H groups in total. The van der Waals surface area contributed by atoms with Crippen LogP contribution in [-0.4, -0.2) is 30.4 Å². The van der Waals surface area contributed by atoms with E-state index < -0.39 is 0 Å². The lowest BCUT2D eigenvalue weighted by Gasteiger charge is -2.07. The Balaban J connectivity index is 1.80. The maximum atomic E-state index is 6.10. The molecule has 0 radical (unpaired) electrons. The highest BCUT2D eigenvalue weighted by Crippen LogP contribution is 2.23. The quantitative estimate of drug-likeness (QED) is 0.400. The Hall–Kier alpha value is -3.12. The number of nitrogens with zero attached hydrogens (tertiary/aromatic N) is 3. The molecule has 132 valence electrons. The van der Waals surface area contributed by atoms with Crippen LogP contribution in [0.3, 0.4) is 0 Å². The smallest absolute Gasteiger partial charge is 0.163 e. The van der Waals surface area contributed by atoms with Gasteiger partial charge in [0.2, 0.25) is 0 Å². The molecule has 3 aromatic rings. The monoisotopic (exact) mass is 368 g/mol. The van der Waals surface area contributed by atoms with Crippen LogP contribution < -0.4 is 14.9 Å². The second-order valence-corrected chi connectivity index (χ2v) is 5.63. The molecule has 0 fully saturated rings. The first kappa shape index (κ1) is 17.7. The molecular formula is C19H17ClN4O2. The van der Waals surface area contributed by atoms with E-state index in [1.165, 1.54) is 0 Å². The summed E-state index contributed by atoms with van der Waals surface area (Å²) in [6.45, 7) is 0. The Morgan fingerprint density at radius 1 is 1.00 bits per heavy atom. The van der Waals surface area contributed by atoms with Gasteiger partial charge < -0.3 is 9.47 Å². The van der Waals surface area contributed by atoms with Crippen LogP contribution in [0.5, 0.6) is 11.5 Å². The highest BCUT2D eigenvalue weighted by molar-refractivity contribution is 6.29. The summed E-state index contributed by atoms with van der Waals surface area (Å²) in [7, 11) is 3.20. The molecule has 3 rings (SSSR count). The number of hydrogen-bond acceptors (Lipinski definition) is 6. The van der Waals surface area contributed by atoms with E-state index in [1.54, 1.807) is 32.6 Å². The molecule has 1 heterocycles. The first-order valence-corrected chi connectivity index (χ1v) is 8.18. The van der Waals surface area contributed by atoms with Crippen molar-refractivity contribution in [1.82, 2.24) is 9.97 Å². The number of hydrazone groups is 1. The van der Waals surface area contributed by atoms with Gasteiger partial charge in [0.05, 0.1) is 20.4 Å². The minimum absolute atomic E-state index is 0.332. The topological polar surface area (TPSA) is 68.6 Å². The van der Waals surface area contributed by atoms with E-state index >= 15 is 0 Å². The number of hydrogen-bond donors (Lipinski definition) is 1. The fourth-order valence-electron chi connectivity index (χ4n) is 2.28. The van der Waals surface area contributed by atoms with Crippen molar-refractivity contribution in [3.63, 3.8) is 0 Å². The van der Waals surface area contributed by atoms with Crippen molar-refractivity contribution in [3.8, 4) is 22.9 Å². The summed E-state index contributed by atoms with van der Waals surface area (Å²) in [5.74, 6) is 2.38. The predicted molar refractivity (Wildman–Crippen MR) is 103 cm³/mol. The molecule has 26 heavy (non-hydrogen) atoms. The fourth-order valence-corrected chi connectivity index (χ4v) is 2.47. The van der Waals surface area contributed by atoms with Gasteiger partial charge in [-0.05, 0) is 12.1 Å². The maximum absolute atomic E-state index is 6.10. The molecule has 1 aromatic heterocycles. The van der Waals surface area contributed by atoms with Gasteiger partial charge in [0.1, 0.15) is 16.7 Å². The lowest BCUT2D eigenvalue weighted by molar-refractivity contribution is 0.394. The van der Waals surface area contributed by atoms with Crippen LogP contribution in [0.1, 0.15) is 5.56 Å². The predicted octanol–water partition coefficient (Wildman–Crippen LogP) is 4.26. The standard InChI is InChI=1S/C19H17ClN4O2/c1-25-15-9-8-14(16(10-15)26-2)12-21-24-18-11-17(20)22-19(23-18)13-6-4-3-5-7-13/h3-12H,1-2H3,(H,22,23,24)/b21-12+. The van der Waals surface area contributed by atoms with Crippen LogP contribution in [0.4, 0.5) is 5.82 Å². The van der Waals surface area contributed by atoms with Crippen molar-refractivity contribution in [3.05, 3.63) is 65.3 Å². The largest absolute Gasteiger partial charge is 0.497 e. The van der Waals surface area contributed by atoms with Gasteiger partial charge in [0, 0.05) is 23.3 Å². The summed E-state index contributed by atoms with van der Waals surface area (Å²) in [6.07, 6.45) is 1.64. The average Bonchev–Trinajstić information content (AvgIpc) is 2.68. The number of nitrogens with one attached hydrogen (secondary N) is 1. The molecular weight excluding hydrogens is 352 g/mol. The molecule has 0 atom stereocenters. The zero-order valence-corrected chi connectivity index (χ0v) is 15.1. The number of ether oxygens (including phenoxy) is 2. The second-order valence-electron chi connectivity index (χ2n) is 5.24. The van der Waals surface area contributed by atoms with E-state index in [-0.39, 0.29) is 0 Å². The SMILES string of the molecule is COc1ccc(/C=N/Nc2cc(Cl)nc(-c3ccccc3)n2)c(OC)c1. The highest BCUT2D eigenvalue weighted by Gasteiger charge is 2.06. The molecule has 0 bridgehead atoms. The summed E-state index contributed by atoms with van der Waals surface area (Å²) in [5.41, 5.74) is 4.54. The summed E-state index contributed by atoms with van der Waals surface area (Å²) < 4.78 is 10.5. The van der Waals surface area contributed by atoms with E-state index in [0.717, 1.165) is 11.1 Å². The molecule has 0 aliphatic carbocycles. The Morgan fingerprint density at radius 3 is 2.54 bits per heavy atom. The zero-order chi connectivity index (χ0) is 18.4. The van der Waals surface area contributed by atoms with Gasteiger partial charge in [0.25, 0.3) is 0 Å². The number of rotatable bonds is 6. The first-order valence-electron chi connectivity index (χ1n) is 7.80. The Labute approximate surface area is 156 Å².